The van der Waals surface area contributed by atoms with Crippen LogP contribution in [0.5, 0.6) is 0 Å². The van der Waals surface area contributed by atoms with Gasteiger partial charge in [0.05, 0.1) is 6.61 Å². The van der Waals surface area contributed by atoms with Crippen molar-refractivity contribution in [2.75, 3.05) is 6.61 Å². The second-order valence-electron chi connectivity index (χ2n) is 9.79. The van der Waals surface area contributed by atoms with Crippen molar-refractivity contribution in [1.29, 1.82) is 0 Å². The van der Waals surface area contributed by atoms with Crippen molar-refractivity contribution < 1.29 is 9.53 Å². The lowest BCUT2D eigenvalue weighted by atomic mass is 9.86. The van der Waals surface area contributed by atoms with Crippen molar-refractivity contribution in [2.45, 2.75) is 59.6 Å². The smallest absolute Gasteiger partial charge is 0.262 e. The second-order valence-corrected chi connectivity index (χ2v) is 14.1. The summed E-state index contributed by atoms with van der Waals surface area (Å²) in [6.45, 7) is 14.9. The van der Waals surface area contributed by atoms with E-state index in [1.165, 1.54) is 10.4 Å². The summed E-state index contributed by atoms with van der Waals surface area (Å²) in [5.41, 5.74) is 3.77. The van der Waals surface area contributed by atoms with Gasteiger partial charge in [-0.3, -0.25) is 0 Å². The Kier molecular flexibility index (Phi) is 8.29. The summed E-state index contributed by atoms with van der Waals surface area (Å²) >= 11 is 0. The zero-order chi connectivity index (χ0) is 23.1. The molecule has 1 unspecified atom stereocenters. The highest BCUT2D eigenvalue weighted by Gasteiger charge is 2.50. The molecule has 3 heteroatoms. The fourth-order valence-corrected chi connectivity index (χ4v) is 8.08. The number of rotatable bonds is 6. The van der Waals surface area contributed by atoms with Gasteiger partial charge in [0.25, 0.3) is 8.32 Å². The van der Waals surface area contributed by atoms with Gasteiger partial charge in [0, 0.05) is 5.41 Å². The van der Waals surface area contributed by atoms with E-state index in [2.05, 4.69) is 86.9 Å². The molecule has 0 spiro atoms. The highest BCUT2D eigenvalue weighted by atomic mass is 28.4. The average Bonchev–Trinajstić information content (AvgIpc) is 2.72. The summed E-state index contributed by atoms with van der Waals surface area (Å²) in [5.74, 6) is 6.10. The predicted octanol–water partition coefficient (Wildman–Crippen LogP) is 5.07. The zero-order valence-corrected chi connectivity index (χ0v) is 21.0. The standard InChI is InChI=1S/C28H36O2Si/c1-23(2)20-21-28(6,7)26(29)19-14-22-30-31(27(3,4)5,24-15-10-8-11-16-24)25-17-12-9-13-18-25/h8-13,15-18,21,26,29H,22H2,1-7H3. The molecule has 0 aliphatic carbocycles. The van der Waals surface area contributed by atoms with Gasteiger partial charge in [-0.25, -0.2) is 0 Å². The maximum atomic E-state index is 10.6. The van der Waals surface area contributed by atoms with Gasteiger partial charge in [-0.1, -0.05) is 107 Å². The Morgan fingerprint density at radius 1 is 0.935 bits per heavy atom. The molecule has 0 radical (unpaired) electrons. The van der Waals surface area contributed by atoms with Gasteiger partial charge in [0.2, 0.25) is 0 Å². The molecule has 1 N–H and O–H groups in total. The van der Waals surface area contributed by atoms with Crippen LogP contribution >= 0.6 is 0 Å². The van der Waals surface area contributed by atoms with E-state index < -0.39 is 19.8 Å². The Morgan fingerprint density at radius 3 is 1.84 bits per heavy atom. The molecule has 0 aliphatic rings. The summed E-state index contributed by atoms with van der Waals surface area (Å²) in [7, 11) is -2.60. The number of benzene rings is 2. The van der Waals surface area contributed by atoms with Crippen molar-refractivity contribution in [2.24, 2.45) is 5.41 Å². The van der Waals surface area contributed by atoms with Crippen LogP contribution in [0.15, 0.2) is 78.0 Å². The lowest BCUT2D eigenvalue weighted by Crippen LogP contribution is -2.66. The Balaban J connectivity index is 2.39. The van der Waals surface area contributed by atoms with E-state index in [4.69, 9.17) is 4.43 Å². The Morgan fingerprint density at radius 2 is 1.42 bits per heavy atom. The van der Waals surface area contributed by atoms with Gasteiger partial charge >= 0.3 is 0 Å². The Hall–Kier alpha value is -2.34. The van der Waals surface area contributed by atoms with E-state index >= 15 is 0 Å². The van der Waals surface area contributed by atoms with Crippen molar-refractivity contribution in [1.82, 2.24) is 0 Å². The topological polar surface area (TPSA) is 29.5 Å². The molecule has 0 aromatic heterocycles. The summed E-state index contributed by atoms with van der Waals surface area (Å²) < 4.78 is 6.75. The minimum Gasteiger partial charge on any atom is -0.396 e. The van der Waals surface area contributed by atoms with Gasteiger partial charge in [-0.2, -0.15) is 0 Å². The molecule has 2 nitrogen and oxygen atoms in total. The monoisotopic (exact) mass is 432 g/mol. The number of aliphatic hydroxyl groups is 1. The zero-order valence-electron chi connectivity index (χ0n) is 20.0. The first-order valence-electron chi connectivity index (χ1n) is 10.8. The SMILES string of the molecule is CC(C)=C=CC(C)(C)C(O)C#CCO[Si](c1ccccc1)(c1ccccc1)C(C)(C)C. The maximum Gasteiger partial charge on any atom is 0.262 e. The molecule has 164 valence electrons. The summed E-state index contributed by atoms with van der Waals surface area (Å²) in [6.07, 6.45) is 1.10. The van der Waals surface area contributed by atoms with E-state index in [1.54, 1.807) is 0 Å². The first kappa shape index (κ1) is 24.9. The second kappa shape index (κ2) is 10.3. The average molecular weight is 433 g/mol. The number of hydrogen-bond donors (Lipinski definition) is 1. The molecule has 0 aliphatic heterocycles. The van der Waals surface area contributed by atoms with E-state index in [0.717, 1.165) is 5.57 Å². The van der Waals surface area contributed by atoms with Crippen molar-refractivity contribution in [3.05, 3.63) is 78.0 Å². The van der Waals surface area contributed by atoms with Gasteiger partial charge in [-0.05, 0) is 40.9 Å². The first-order valence-corrected chi connectivity index (χ1v) is 12.7. The molecule has 2 rings (SSSR count). The van der Waals surface area contributed by atoms with Crippen LogP contribution in [0.4, 0.5) is 0 Å². The van der Waals surface area contributed by atoms with Gasteiger partial charge in [0.15, 0.2) is 0 Å². The summed E-state index contributed by atoms with van der Waals surface area (Å²) in [4.78, 5) is 0. The molecule has 0 saturated carbocycles. The fourth-order valence-electron chi connectivity index (χ4n) is 3.64. The third-order valence-corrected chi connectivity index (χ3v) is 10.4. The fraction of sp³-hybridized carbons (Fsp3) is 0.393. The van der Waals surface area contributed by atoms with E-state index in [0.29, 0.717) is 0 Å². The lowest BCUT2D eigenvalue weighted by molar-refractivity contribution is 0.134. The summed E-state index contributed by atoms with van der Waals surface area (Å²) in [6, 6.07) is 21.0. The van der Waals surface area contributed by atoms with Crippen LogP contribution in [0.2, 0.25) is 5.04 Å². The van der Waals surface area contributed by atoms with Crippen LogP contribution < -0.4 is 10.4 Å². The molecule has 0 heterocycles. The molecule has 2 aromatic rings. The molecule has 31 heavy (non-hydrogen) atoms. The van der Waals surface area contributed by atoms with Crippen LogP contribution in [0.25, 0.3) is 0 Å². The van der Waals surface area contributed by atoms with Crippen molar-refractivity contribution in [3.8, 4) is 11.8 Å². The first-order chi connectivity index (χ1) is 14.5. The minimum absolute atomic E-state index is 0.0958. The lowest BCUT2D eigenvalue weighted by Gasteiger charge is -2.42. The third-order valence-electron chi connectivity index (χ3n) is 5.45. The van der Waals surface area contributed by atoms with Crippen LogP contribution in [0, 0.1) is 17.3 Å². The van der Waals surface area contributed by atoms with Crippen LogP contribution in [0.3, 0.4) is 0 Å². The van der Waals surface area contributed by atoms with Crippen LogP contribution in [-0.4, -0.2) is 26.1 Å². The quantitative estimate of drug-likeness (QED) is 0.392. The maximum absolute atomic E-state index is 10.6. The minimum atomic E-state index is -2.60. The normalized spacial score (nSPS) is 12.9. The molecule has 0 bridgehead atoms. The molecule has 0 saturated heterocycles. The van der Waals surface area contributed by atoms with E-state index in [1.807, 2.05) is 45.9 Å². The number of aliphatic hydroxyl groups excluding tert-OH is 1. The largest absolute Gasteiger partial charge is 0.396 e. The summed E-state index contributed by atoms with van der Waals surface area (Å²) in [5, 5.41) is 13.0. The molecule has 2 aromatic carbocycles. The van der Waals surface area contributed by atoms with Crippen molar-refractivity contribution >= 4 is 18.7 Å². The molecular weight excluding hydrogens is 396 g/mol. The highest BCUT2D eigenvalue weighted by Crippen LogP contribution is 2.36. The van der Waals surface area contributed by atoms with Crippen LogP contribution in [-0.2, 0) is 4.43 Å². The number of hydrogen-bond acceptors (Lipinski definition) is 2. The van der Waals surface area contributed by atoms with E-state index in [-0.39, 0.29) is 11.6 Å². The van der Waals surface area contributed by atoms with E-state index in [9.17, 15) is 5.11 Å². The van der Waals surface area contributed by atoms with Gasteiger partial charge in [-0.15, -0.1) is 5.73 Å². The molecular formula is C28H36O2Si. The molecule has 0 fully saturated rings. The van der Waals surface area contributed by atoms with Gasteiger partial charge < -0.3 is 9.53 Å². The third kappa shape index (κ3) is 6.09. The highest BCUT2D eigenvalue weighted by molar-refractivity contribution is 6.99. The van der Waals surface area contributed by atoms with Crippen molar-refractivity contribution in [3.63, 3.8) is 0 Å². The Bertz CT molecular complexity index is 923. The Labute approximate surface area is 189 Å². The van der Waals surface area contributed by atoms with Crippen LogP contribution in [0.1, 0.15) is 48.5 Å². The molecule has 0 amide bonds. The predicted molar refractivity (Wildman–Crippen MR) is 134 cm³/mol. The van der Waals surface area contributed by atoms with Gasteiger partial charge in [0.1, 0.15) is 6.10 Å². The molecule has 1 atom stereocenters.